The minimum absolute atomic E-state index is 0.251. The number of rotatable bonds is 1. The molecule has 0 aliphatic carbocycles. The van der Waals surface area contributed by atoms with Gasteiger partial charge < -0.3 is 4.90 Å². The van der Waals surface area contributed by atoms with E-state index in [4.69, 9.17) is 0 Å². The van der Waals surface area contributed by atoms with Crippen LogP contribution in [0.3, 0.4) is 0 Å². The van der Waals surface area contributed by atoms with Crippen LogP contribution in [0.1, 0.15) is 12.8 Å². The van der Waals surface area contributed by atoms with E-state index < -0.39 is 0 Å². The summed E-state index contributed by atoms with van der Waals surface area (Å²) in [6, 6.07) is 0. The van der Waals surface area contributed by atoms with Gasteiger partial charge in [-0.15, -0.1) is 0 Å². The number of hydrogen-bond acceptors (Lipinski definition) is 2. The molecule has 1 radical (unpaired) electrons. The van der Waals surface area contributed by atoms with Crippen molar-refractivity contribution in [3.8, 4) is 0 Å². The molecule has 0 aromatic carbocycles. The lowest BCUT2D eigenvalue weighted by atomic mass is 10.1. The van der Waals surface area contributed by atoms with Gasteiger partial charge in [0.15, 0.2) is 0 Å². The molecule has 3 nitrogen and oxygen atoms in total. The molecule has 1 aliphatic rings. The zero-order valence-corrected chi connectivity index (χ0v) is 5.09. The molecule has 1 aliphatic heterocycles. The van der Waals surface area contributed by atoms with Crippen molar-refractivity contribution in [2.75, 3.05) is 13.1 Å². The number of nitrogens with zero attached hydrogens (tertiary/aromatic N) is 1. The number of ketones is 1. The number of amides is 1. The predicted octanol–water partition coefficient (Wildman–Crippen LogP) is -0.282. The molecule has 1 saturated heterocycles. The Hall–Kier alpha value is -0.860. The van der Waals surface area contributed by atoms with Crippen LogP contribution in [0, 0.1) is 0 Å². The predicted molar refractivity (Wildman–Crippen MR) is 31.5 cm³/mol. The largest absolute Gasteiger partial charge is 0.334 e. The summed E-state index contributed by atoms with van der Waals surface area (Å²) in [6.07, 6.45) is 2.77. The molecule has 0 saturated carbocycles. The van der Waals surface area contributed by atoms with Crippen molar-refractivity contribution in [2.24, 2.45) is 0 Å². The maximum atomic E-state index is 10.6. The van der Waals surface area contributed by atoms with Gasteiger partial charge in [0.1, 0.15) is 5.78 Å². The van der Waals surface area contributed by atoms with Crippen LogP contribution in [-0.4, -0.2) is 30.2 Å². The highest BCUT2D eigenvalue weighted by molar-refractivity contribution is 5.80. The van der Waals surface area contributed by atoms with Gasteiger partial charge in [-0.05, 0) is 0 Å². The Morgan fingerprint density at radius 2 is 1.89 bits per heavy atom. The lowest BCUT2D eigenvalue weighted by Crippen LogP contribution is -2.32. The van der Waals surface area contributed by atoms with Gasteiger partial charge in [-0.3, -0.25) is 9.59 Å². The van der Waals surface area contributed by atoms with Crippen molar-refractivity contribution < 1.29 is 9.59 Å². The molecule has 0 aromatic heterocycles. The monoisotopic (exact) mass is 126 g/mol. The summed E-state index contributed by atoms with van der Waals surface area (Å²) in [5, 5.41) is 0. The maximum Gasteiger partial charge on any atom is 0.312 e. The van der Waals surface area contributed by atoms with E-state index in [2.05, 4.69) is 0 Å². The summed E-state index contributed by atoms with van der Waals surface area (Å²) < 4.78 is 0. The number of carbonyl (C=O) groups excluding carboxylic acids is 2. The average Bonchev–Trinajstić information content (AvgIpc) is 1.90. The lowest BCUT2D eigenvalue weighted by Gasteiger charge is -2.19. The molecule has 0 bridgehead atoms. The quantitative estimate of drug-likeness (QED) is 0.484. The zero-order chi connectivity index (χ0) is 6.69. The van der Waals surface area contributed by atoms with Crippen LogP contribution >= 0.6 is 0 Å². The Labute approximate surface area is 53.6 Å². The van der Waals surface area contributed by atoms with Gasteiger partial charge >= 0.3 is 6.41 Å². The third-order valence-corrected chi connectivity index (χ3v) is 1.45. The number of hydrogen-bond donors (Lipinski definition) is 0. The number of piperidine rings is 1. The van der Waals surface area contributed by atoms with Gasteiger partial charge in [-0.25, -0.2) is 0 Å². The second-order valence-electron chi connectivity index (χ2n) is 2.12. The van der Waals surface area contributed by atoms with Gasteiger partial charge in [-0.2, -0.15) is 0 Å². The first-order chi connectivity index (χ1) is 4.33. The van der Waals surface area contributed by atoms with Crippen LogP contribution in [0.25, 0.3) is 0 Å². The van der Waals surface area contributed by atoms with Crippen LogP contribution in [0.4, 0.5) is 0 Å². The summed E-state index contributed by atoms with van der Waals surface area (Å²) in [5.74, 6) is 0.251. The molecular weight excluding hydrogens is 118 g/mol. The molecule has 0 unspecified atom stereocenters. The normalized spacial score (nSPS) is 20.0. The van der Waals surface area contributed by atoms with E-state index in [1.165, 1.54) is 4.90 Å². The summed E-state index contributed by atoms with van der Waals surface area (Å²) in [5.41, 5.74) is 0. The minimum Gasteiger partial charge on any atom is -0.334 e. The Bertz CT molecular complexity index is 123. The molecule has 49 valence electrons. The first-order valence-corrected chi connectivity index (χ1v) is 2.97. The number of likely N-dealkylation sites (tertiary alicyclic amines) is 1. The van der Waals surface area contributed by atoms with Crippen LogP contribution in [0.5, 0.6) is 0 Å². The smallest absolute Gasteiger partial charge is 0.312 e. The molecule has 1 fully saturated rings. The third-order valence-electron chi connectivity index (χ3n) is 1.45. The Kier molecular flexibility index (Phi) is 1.82. The molecular formula is C6H8NO2. The van der Waals surface area contributed by atoms with Crippen LogP contribution in [0.15, 0.2) is 0 Å². The molecule has 0 atom stereocenters. The highest BCUT2D eigenvalue weighted by Crippen LogP contribution is 2.01. The third kappa shape index (κ3) is 1.52. The van der Waals surface area contributed by atoms with Crippen LogP contribution < -0.4 is 0 Å². The highest BCUT2D eigenvalue weighted by Gasteiger charge is 2.13. The molecule has 0 aromatic rings. The van der Waals surface area contributed by atoms with Crippen molar-refractivity contribution in [1.82, 2.24) is 4.90 Å². The van der Waals surface area contributed by atoms with Gasteiger partial charge in [0.05, 0.1) is 0 Å². The molecule has 9 heavy (non-hydrogen) atoms. The highest BCUT2D eigenvalue weighted by atomic mass is 16.1. The van der Waals surface area contributed by atoms with E-state index in [0.29, 0.717) is 25.9 Å². The molecule has 1 amide bonds. The van der Waals surface area contributed by atoms with Gasteiger partial charge in [-0.1, -0.05) is 0 Å². The fourth-order valence-electron chi connectivity index (χ4n) is 0.847. The topological polar surface area (TPSA) is 37.4 Å². The fourth-order valence-corrected chi connectivity index (χ4v) is 0.847. The number of carbonyl (C=O) groups is 1. The lowest BCUT2D eigenvalue weighted by molar-refractivity contribution is -0.120. The average molecular weight is 126 g/mol. The number of Topliss-reactive ketones (excluding diaryl/α,β-unsaturated/α-hetero) is 1. The van der Waals surface area contributed by atoms with Crippen LogP contribution in [0.2, 0.25) is 0 Å². The van der Waals surface area contributed by atoms with E-state index in [1.807, 2.05) is 0 Å². The Morgan fingerprint density at radius 1 is 1.33 bits per heavy atom. The first kappa shape index (κ1) is 6.26. The standard InChI is InChI=1S/C6H8NO2/c8-5-7-3-1-6(9)2-4-7/h1-4H2. The van der Waals surface area contributed by atoms with E-state index in [0.717, 1.165) is 0 Å². The maximum absolute atomic E-state index is 10.6. The molecule has 0 N–H and O–H groups in total. The van der Waals surface area contributed by atoms with Gasteiger partial charge in [0, 0.05) is 25.9 Å². The van der Waals surface area contributed by atoms with Crippen molar-refractivity contribution in [2.45, 2.75) is 12.8 Å². The van der Waals surface area contributed by atoms with Crippen molar-refractivity contribution in [3.05, 3.63) is 0 Å². The van der Waals surface area contributed by atoms with Crippen molar-refractivity contribution >= 4 is 12.2 Å². The van der Waals surface area contributed by atoms with E-state index in [9.17, 15) is 9.59 Å². The summed E-state index contributed by atoms with van der Waals surface area (Å²) in [4.78, 5) is 22.0. The van der Waals surface area contributed by atoms with Crippen molar-refractivity contribution in [1.29, 1.82) is 0 Å². The first-order valence-electron chi connectivity index (χ1n) is 2.97. The second-order valence-corrected chi connectivity index (χ2v) is 2.12. The van der Waals surface area contributed by atoms with Gasteiger partial charge in [0.25, 0.3) is 0 Å². The van der Waals surface area contributed by atoms with Crippen molar-refractivity contribution in [3.63, 3.8) is 0 Å². The Balaban J connectivity index is 2.34. The van der Waals surface area contributed by atoms with E-state index in [-0.39, 0.29) is 5.78 Å². The summed E-state index contributed by atoms with van der Waals surface area (Å²) in [6.45, 7) is 1.12. The molecule has 1 heterocycles. The molecule has 1 rings (SSSR count). The minimum atomic E-state index is 0.251. The summed E-state index contributed by atoms with van der Waals surface area (Å²) in [7, 11) is 0. The SMILES string of the molecule is O=[C]N1CCC(=O)CC1. The van der Waals surface area contributed by atoms with Crippen LogP contribution in [-0.2, 0) is 9.59 Å². The molecule has 3 heteroatoms. The molecule has 0 spiro atoms. The zero-order valence-electron chi connectivity index (χ0n) is 5.09. The van der Waals surface area contributed by atoms with E-state index >= 15 is 0 Å². The second kappa shape index (κ2) is 2.62. The van der Waals surface area contributed by atoms with E-state index in [1.54, 1.807) is 6.41 Å². The Morgan fingerprint density at radius 3 is 2.33 bits per heavy atom. The fraction of sp³-hybridized carbons (Fsp3) is 0.667. The summed E-state index contributed by atoms with van der Waals surface area (Å²) >= 11 is 0. The van der Waals surface area contributed by atoms with Gasteiger partial charge in [0.2, 0.25) is 0 Å².